The van der Waals surface area contributed by atoms with E-state index in [1.165, 1.54) is 7.11 Å². The van der Waals surface area contributed by atoms with Crippen molar-refractivity contribution in [2.75, 3.05) is 12.4 Å². The smallest absolute Gasteiger partial charge is 0.255 e. The number of aryl methyl sites for hydroxylation is 2. The Kier molecular flexibility index (Phi) is 4.76. The van der Waals surface area contributed by atoms with Crippen LogP contribution in [0.25, 0.3) is 5.69 Å². The molecule has 128 valence electrons. The monoisotopic (exact) mass is 355 g/mol. The molecule has 2 aromatic carbocycles. The zero-order valence-electron chi connectivity index (χ0n) is 14.2. The average Bonchev–Trinajstić information content (AvgIpc) is 3.04. The number of aromatic nitrogens is 2. The molecule has 0 aliphatic heterocycles. The molecular formula is C19H18ClN3O2. The van der Waals surface area contributed by atoms with Crippen molar-refractivity contribution in [1.29, 1.82) is 0 Å². The Labute approximate surface area is 151 Å². The van der Waals surface area contributed by atoms with E-state index in [0.29, 0.717) is 22.0 Å². The second kappa shape index (κ2) is 6.99. The van der Waals surface area contributed by atoms with Gasteiger partial charge in [-0.3, -0.25) is 4.79 Å². The van der Waals surface area contributed by atoms with Crippen LogP contribution in [0.4, 0.5) is 5.69 Å². The first kappa shape index (κ1) is 17.0. The third kappa shape index (κ3) is 3.51. The molecule has 5 nitrogen and oxygen atoms in total. The Hall–Kier alpha value is -2.79. The molecule has 0 saturated heterocycles. The molecule has 0 aliphatic carbocycles. The molecule has 6 heteroatoms. The molecule has 3 aromatic rings. The van der Waals surface area contributed by atoms with Crippen LogP contribution >= 0.6 is 11.6 Å². The maximum atomic E-state index is 12.5. The average molecular weight is 356 g/mol. The molecule has 1 N–H and O–H groups in total. The number of hydrogen-bond donors (Lipinski definition) is 1. The molecule has 0 saturated carbocycles. The highest BCUT2D eigenvalue weighted by Gasteiger charge is 2.12. The number of carbonyl (C=O) groups excluding carboxylic acids is 1. The summed E-state index contributed by atoms with van der Waals surface area (Å²) in [7, 11) is 1.54. The fourth-order valence-electron chi connectivity index (χ4n) is 2.52. The standard InChI is InChI=1S/C19H18ClN3O2/c1-12-10-17(18(25-3)11-16(12)20)22-19(24)14-4-6-15(7-5-14)23-13(2)8-9-21-23/h4-11H,1-3H3,(H,22,24). The van der Waals surface area contributed by atoms with Gasteiger partial charge in [0.15, 0.2) is 0 Å². The van der Waals surface area contributed by atoms with Crippen molar-refractivity contribution in [2.24, 2.45) is 0 Å². The number of amides is 1. The lowest BCUT2D eigenvalue weighted by Gasteiger charge is -2.12. The maximum Gasteiger partial charge on any atom is 0.255 e. The van der Waals surface area contributed by atoms with Gasteiger partial charge in [0.1, 0.15) is 5.75 Å². The van der Waals surface area contributed by atoms with E-state index in [1.807, 2.05) is 36.7 Å². The van der Waals surface area contributed by atoms with Gasteiger partial charge in [-0.1, -0.05) is 11.6 Å². The number of rotatable bonds is 4. The molecular weight excluding hydrogens is 338 g/mol. The van der Waals surface area contributed by atoms with E-state index in [-0.39, 0.29) is 5.91 Å². The summed E-state index contributed by atoms with van der Waals surface area (Å²) < 4.78 is 7.10. The van der Waals surface area contributed by atoms with Gasteiger partial charge in [-0.05, 0) is 55.8 Å². The molecule has 25 heavy (non-hydrogen) atoms. The van der Waals surface area contributed by atoms with Gasteiger partial charge in [0.05, 0.1) is 18.5 Å². The van der Waals surface area contributed by atoms with Gasteiger partial charge in [0, 0.05) is 28.5 Å². The number of ether oxygens (including phenoxy) is 1. The zero-order valence-corrected chi connectivity index (χ0v) is 15.0. The Morgan fingerprint density at radius 1 is 1.16 bits per heavy atom. The van der Waals surface area contributed by atoms with Crippen LogP contribution in [-0.4, -0.2) is 22.8 Å². The number of nitrogens with one attached hydrogen (secondary N) is 1. The van der Waals surface area contributed by atoms with Crippen LogP contribution in [0, 0.1) is 13.8 Å². The van der Waals surface area contributed by atoms with E-state index in [9.17, 15) is 4.79 Å². The van der Waals surface area contributed by atoms with Crippen LogP contribution < -0.4 is 10.1 Å². The minimum absolute atomic E-state index is 0.219. The van der Waals surface area contributed by atoms with Crippen molar-refractivity contribution in [3.63, 3.8) is 0 Å². The first-order valence-corrected chi connectivity index (χ1v) is 8.14. The number of hydrogen-bond acceptors (Lipinski definition) is 3. The Morgan fingerprint density at radius 2 is 1.88 bits per heavy atom. The number of carbonyl (C=O) groups is 1. The molecule has 0 atom stereocenters. The van der Waals surface area contributed by atoms with Crippen LogP contribution in [-0.2, 0) is 0 Å². The van der Waals surface area contributed by atoms with E-state index < -0.39 is 0 Å². The minimum atomic E-state index is -0.219. The summed E-state index contributed by atoms with van der Waals surface area (Å²) in [4.78, 5) is 12.5. The third-order valence-electron chi connectivity index (χ3n) is 3.93. The van der Waals surface area contributed by atoms with Crippen molar-refractivity contribution in [1.82, 2.24) is 9.78 Å². The van der Waals surface area contributed by atoms with Gasteiger partial charge in [0.25, 0.3) is 5.91 Å². The minimum Gasteiger partial charge on any atom is -0.495 e. The van der Waals surface area contributed by atoms with Crippen LogP contribution in [0.1, 0.15) is 21.6 Å². The van der Waals surface area contributed by atoms with Gasteiger partial charge in [-0.15, -0.1) is 0 Å². The highest BCUT2D eigenvalue weighted by atomic mass is 35.5. The van der Waals surface area contributed by atoms with Gasteiger partial charge in [-0.2, -0.15) is 5.10 Å². The SMILES string of the molecule is COc1cc(Cl)c(C)cc1NC(=O)c1ccc(-n2nccc2C)cc1. The van der Waals surface area contributed by atoms with Crippen molar-refractivity contribution < 1.29 is 9.53 Å². The first-order valence-electron chi connectivity index (χ1n) is 7.76. The predicted molar refractivity (Wildman–Crippen MR) is 99.0 cm³/mol. The van der Waals surface area contributed by atoms with E-state index in [1.54, 1.807) is 30.5 Å². The van der Waals surface area contributed by atoms with E-state index >= 15 is 0 Å². The Bertz CT molecular complexity index is 917. The number of benzene rings is 2. The van der Waals surface area contributed by atoms with Crippen LogP contribution in [0.15, 0.2) is 48.7 Å². The number of anilines is 1. The molecule has 0 spiro atoms. The fourth-order valence-corrected chi connectivity index (χ4v) is 2.67. The first-order chi connectivity index (χ1) is 12.0. The zero-order chi connectivity index (χ0) is 18.0. The van der Waals surface area contributed by atoms with Crippen molar-refractivity contribution in [3.05, 3.63) is 70.5 Å². The lowest BCUT2D eigenvalue weighted by molar-refractivity contribution is 0.102. The number of halogens is 1. The summed E-state index contributed by atoms with van der Waals surface area (Å²) in [5.41, 5.74) is 3.92. The number of nitrogens with zero attached hydrogens (tertiary/aromatic N) is 2. The second-order valence-corrected chi connectivity index (χ2v) is 6.09. The molecule has 0 radical (unpaired) electrons. The summed E-state index contributed by atoms with van der Waals surface area (Å²) in [6.45, 7) is 3.85. The van der Waals surface area contributed by atoms with Crippen LogP contribution in [0.5, 0.6) is 5.75 Å². The fraction of sp³-hybridized carbons (Fsp3) is 0.158. The third-order valence-corrected chi connectivity index (χ3v) is 4.34. The Morgan fingerprint density at radius 3 is 2.48 bits per heavy atom. The maximum absolute atomic E-state index is 12.5. The van der Waals surface area contributed by atoms with Crippen molar-refractivity contribution >= 4 is 23.2 Å². The molecule has 0 aliphatic rings. The quantitative estimate of drug-likeness (QED) is 0.754. The van der Waals surface area contributed by atoms with E-state index in [4.69, 9.17) is 16.3 Å². The molecule has 0 bridgehead atoms. The number of methoxy groups -OCH3 is 1. The van der Waals surface area contributed by atoms with Crippen LogP contribution in [0.2, 0.25) is 5.02 Å². The lowest BCUT2D eigenvalue weighted by Crippen LogP contribution is -2.13. The highest BCUT2D eigenvalue weighted by molar-refractivity contribution is 6.31. The van der Waals surface area contributed by atoms with Crippen molar-refractivity contribution in [3.8, 4) is 11.4 Å². The second-order valence-electron chi connectivity index (χ2n) is 5.69. The predicted octanol–water partition coefficient (Wildman–Crippen LogP) is 4.40. The summed E-state index contributed by atoms with van der Waals surface area (Å²) in [5.74, 6) is 0.302. The molecule has 3 rings (SSSR count). The van der Waals surface area contributed by atoms with Crippen LogP contribution in [0.3, 0.4) is 0 Å². The topological polar surface area (TPSA) is 56.1 Å². The normalized spacial score (nSPS) is 10.6. The molecule has 1 heterocycles. The lowest BCUT2D eigenvalue weighted by atomic mass is 10.1. The highest BCUT2D eigenvalue weighted by Crippen LogP contribution is 2.31. The molecule has 0 fully saturated rings. The summed E-state index contributed by atoms with van der Waals surface area (Å²) in [5, 5.41) is 7.71. The Balaban J connectivity index is 1.82. The summed E-state index contributed by atoms with van der Waals surface area (Å²) in [6.07, 6.45) is 1.74. The molecule has 0 unspecified atom stereocenters. The molecule has 1 aromatic heterocycles. The van der Waals surface area contributed by atoms with Gasteiger partial charge in [0.2, 0.25) is 0 Å². The van der Waals surface area contributed by atoms with Gasteiger partial charge < -0.3 is 10.1 Å². The summed E-state index contributed by atoms with van der Waals surface area (Å²) in [6, 6.07) is 12.7. The van der Waals surface area contributed by atoms with Gasteiger partial charge >= 0.3 is 0 Å². The summed E-state index contributed by atoms with van der Waals surface area (Å²) >= 11 is 6.10. The van der Waals surface area contributed by atoms with E-state index in [0.717, 1.165) is 16.9 Å². The van der Waals surface area contributed by atoms with Crippen molar-refractivity contribution in [2.45, 2.75) is 13.8 Å². The van der Waals surface area contributed by atoms with E-state index in [2.05, 4.69) is 10.4 Å². The van der Waals surface area contributed by atoms with Gasteiger partial charge in [-0.25, -0.2) is 4.68 Å². The largest absolute Gasteiger partial charge is 0.495 e. The molecule has 1 amide bonds.